The molecule has 100 valence electrons. The van der Waals surface area contributed by atoms with Gasteiger partial charge in [-0.1, -0.05) is 0 Å². The molecule has 0 aliphatic rings. The van der Waals surface area contributed by atoms with Crippen molar-refractivity contribution in [2.75, 3.05) is 10.5 Å². The van der Waals surface area contributed by atoms with Gasteiger partial charge in [-0.2, -0.15) is 0 Å². The quantitative estimate of drug-likeness (QED) is 0.641. The monoisotopic (exact) mass is 287 g/mol. The summed E-state index contributed by atoms with van der Waals surface area (Å²) < 4.78 is 74.8. The molecule has 0 radical (unpaired) electrons. The number of carbonyl (C=O) groups is 1. The minimum atomic E-state index is -4.68. The highest BCUT2D eigenvalue weighted by Gasteiger charge is 2.24. The number of halogens is 4. The first-order valence-corrected chi connectivity index (χ1v) is 5.84. The lowest BCUT2D eigenvalue weighted by molar-refractivity contribution is -0.134. The summed E-state index contributed by atoms with van der Waals surface area (Å²) in [6.07, 6.45) is 0. The third-order valence-corrected chi connectivity index (χ3v) is 2.82. The van der Waals surface area contributed by atoms with Gasteiger partial charge in [0.2, 0.25) is 10.0 Å². The predicted molar refractivity (Wildman–Crippen MR) is 51.3 cm³/mol. The molecular weight excluding hydrogens is 282 g/mol. The van der Waals surface area contributed by atoms with Gasteiger partial charge in [-0.15, -0.1) is 0 Å². The summed E-state index contributed by atoms with van der Waals surface area (Å²) >= 11 is 0. The van der Waals surface area contributed by atoms with E-state index in [4.69, 9.17) is 5.11 Å². The van der Waals surface area contributed by atoms with E-state index < -0.39 is 50.7 Å². The first kappa shape index (κ1) is 14.2. The Morgan fingerprint density at radius 1 is 1.17 bits per heavy atom. The highest BCUT2D eigenvalue weighted by atomic mass is 32.2. The number of rotatable bonds is 4. The maximum atomic E-state index is 13.1. The molecule has 0 aliphatic heterocycles. The molecule has 0 bridgehead atoms. The van der Waals surface area contributed by atoms with E-state index in [1.54, 1.807) is 0 Å². The SMILES string of the molecule is O=C(O)CS(=O)(=O)Nc1c(F)c(F)cc(F)c1F. The van der Waals surface area contributed by atoms with Crippen molar-refractivity contribution in [3.63, 3.8) is 0 Å². The van der Waals surface area contributed by atoms with Crippen LogP contribution in [0.4, 0.5) is 23.2 Å². The van der Waals surface area contributed by atoms with Crippen LogP contribution in [0.25, 0.3) is 0 Å². The van der Waals surface area contributed by atoms with Gasteiger partial charge in [-0.3, -0.25) is 9.52 Å². The average molecular weight is 287 g/mol. The fraction of sp³-hybridized carbons (Fsp3) is 0.125. The molecule has 2 N–H and O–H groups in total. The van der Waals surface area contributed by atoms with Crippen molar-refractivity contribution in [3.8, 4) is 0 Å². The first-order valence-electron chi connectivity index (χ1n) is 4.19. The summed E-state index contributed by atoms with van der Waals surface area (Å²) in [7, 11) is -4.68. The zero-order valence-electron chi connectivity index (χ0n) is 8.38. The van der Waals surface area contributed by atoms with Crippen LogP contribution in [0.1, 0.15) is 0 Å². The number of hydrogen-bond acceptors (Lipinski definition) is 3. The summed E-state index contributed by atoms with van der Waals surface area (Å²) in [4.78, 5) is 10.2. The second-order valence-corrected chi connectivity index (χ2v) is 4.82. The molecular formula is C8H5F4NO4S. The maximum absolute atomic E-state index is 13.1. The number of benzene rings is 1. The molecule has 18 heavy (non-hydrogen) atoms. The Labute approximate surface area is 98.1 Å². The molecule has 0 spiro atoms. The molecule has 0 atom stereocenters. The van der Waals surface area contributed by atoms with Crippen molar-refractivity contribution >= 4 is 21.7 Å². The largest absolute Gasteiger partial charge is 0.480 e. The van der Waals surface area contributed by atoms with E-state index in [0.29, 0.717) is 0 Å². The fourth-order valence-corrected chi connectivity index (χ4v) is 1.90. The molecule has 0 aromatic heterocycles. The molecule has 0 aliphatic carbocycles. The van der Waals surface area contributed by atoms with Crippen LogP contribution in [-0.4, -0.2) is 25.2 Å². The Balaban J connectivity index is 3.24. The Kier molecular flexibility index (Phi) is 3.79. The lowest BCUT2D eigenvalue weighted by atomic mass is 10.3. The smallest absolute Gasteiger partial charge is 0.320 e. The van der Waals surface area contributed by atoms with Gasteiger partial charge < -0.3 is 5.11 Å². The van der Waals surface area contributed by atoms with E-state index >= 15 is 0 Å². The van der Waals surface area contributed by atoms with Crippen LogP contribution in [0.5, 0.6) is 0 Å². The minimum Gasteiger partial charge on any atom is -0.480 e. The van der Waals surface area contributed by atoms with E-state index in [9.17, 15) is 30.8 Å². The molecule has 1 rings (SSSR count). The van der Waals surface area contributed by atoms with E-state index in [1.165, 1.54) is 0 Å². The number of anilines is 1. The number of nitrogens with one attached hydrogen (secondary N) is 1. The van der Waals surface area contributed by atoms with Gasteiger partial charge in [0.1, 0.15) is 5.69 Å². The summed E-state index contributed by atoms with van der Waals surface area (Å²) in [6, 6.07) is -0.111. The van der Waals surface area contributed by atoms with Gasteiger partial charge in [0.05, 0.1) is 0 Å². The second-order valence-electron chi connectivity index (χ2n) is 3.10. The molecule has 0 saturated heterocycles. The summed E-state index contributed by atoms with van der Waals surface area (Å²) in [5.74, 6) is -10.9. The van der Waals surface area contributed by atoms with E-state index in [-0.39, 0.29) is 6.07 Å². The lowest BCUT2D eigenvalue weighted by Gasteiger charge is -2.09. The van der Waals surface area contributed by atoms with Gasteiger partial charge in [-0.25, -0.2) is 26.0 Å². The van der Waals surface area contributed by atoms with Crippen molar-refractivity contribution in [1.82, 2.24) is 0 Å². The zero-order chi connectivity index (χ0) is 14.1. The zero-order valence-corrected chi connectivity index (χ0v) is 9.19. The Morgan fingerprint density at radius 2 is 1.61 bits per heavy atom. The number of carboxylic acid groups (broad SMARTS) is 1. The van der Waals surface area contributed by atoms with Gasteiger partial charge in [0, 0.05) is 6.07 Å². The van der Waals surface area contributed by atoms with Crippen molar-refractivity contribution in [1.29, 1.82) is 0 Å². The molecule has 0 fully saturated rings. The predicted octanol–water partition coefficient (Wildman–Crippen LogP) is 1.07. The van der Waals surface area contributed by atoms with Crippen LogP contribution in [-0.2, 0) is 14.8 Å². The van der Waals surface area contributed by atoms with Crippen molar-refractivity contribution < 1.29 is 35.9 Å². The summed E-state index contributed by atoms with van der Waals surface area (Å²) in [5, 5.41) is 8.22. The maximum Gasteiger partial charge on any atom is 0.320 e. The lowest BCUT2D eigenvalue weighted by Crippen LogP contribution is -2.24. The summed E-state index contributed by atoms with van der Waals surface area (Å²) in [6.45, 7) is 0. The Hall–Kier alpha value is -1.84. The van der Waals surface area contributed by atoms with Crippen molar-refractivity contribution in [2.45, 2.75) is 0 Å². The first-order chi connectivity index (χ1) is 8.14. The number of aliphatic carboxylic acids is 1. The van der Waals surface area contributed by atoms with Crippen molar-refractivity contribution in [3.05, 3.63) is 29.3 Å². The van der Waals surface area contributed by atoms with Gasteiger partial charge >= 0.3 is 5.97 Å². The summed E-state index contributed by atoms with van der Waals surface area (Å²) in [5.41, 5.74) is -1.60. The second kappa shape index (κ2) is 4.80. The third kappa shape index (κ3) is 3.09. The Bertz CT molecular complexity index is 575. The number of sulfonamides is 1. The normalized spacial score (nSPS) is 11.3. The van der Waals surface area contributed by atoms with E-state index in [1.807, 2.05) is 0 Å². The van der Waals surface area contributed by atoms with Crippen LogP contribution >= 0.6 is 0 Å². The molecule has 0 unspecified atom stereocenters. The van der Waals surface area contributed by atoms with Gasteiger partial charge in [0.25, 0.3) is 0 Å². The van der Waals surface area contributed by atoms with Gasteiger partial charge in [-0.05, 0) is 0 Å². The molecule has 0 amide bonds. The fourth-order valence-electron chi connectivity index (χ4n) is 1.02. The molecule has 1 aromatic carbocycles. The Morgan fingerprint density at radius 3 is 2.00 bits per heavy atom. The van der Waals surface area contributed by atoms with Crippen LogP contribution in [0.15, 0.2) is 6.07 Å². The topological polar surface area (TPSA) is 83.5 Å². The number of carboxylic acids is 1. The van der Waals surface area contributed by atoms with Crippen LogP contribution in [0, 0.1) is 23.3 Å². The highest BCUT2D eigenvalue weighted by molar-refractivity contribution is 7.93. The minimum absolute atomic E-state index is 0.111. The van der Waals surface area contributed by atoms with Crippen LogP contribution in [0.2, 0.25) is 0 Å². The van der Waals surface area contributed by atoms with E-state index in [0.717, 1.165) is 4.72 Å². The molecule has 0 saturated carbocycles. The molecule has 10 heteroatoms. The van der Waals surface area contributed by atoms with E-state index in [2.05, 4.69) is 0 Å². The number of hydrogen-bond donors (Lipinski definition) is 2. The average Bonchev–Trinajstić information content (AvgIpc) is 2.20. The van der Waals surface area contributed by atoms with Crippen LogP contribution < -0.4 is 4.72 Å². The van der Waals surface area contributed by atoms with Crippen LogP contribution in [0.3, 0.4) is 0 Å². The van der Waals surface area contributed by atoms with Crippen molar-refractivity contribution in [2.24, 2.45) is 0 Å². The molecule has 5 nitrogen and oxygen atoms in total. The molecule has 0 heterocycles. The standard InChI is InChI=1S/C8H5F4NO4S/c9-3-1-4(10)7(12)8(6(3)11)13-18(16,17)2-5(14)15/h1,13H,2H2,(H,14,15). The third-order valence-electron chi connectivity index (χ3n) is 1.68. The highest BCUT2D eigenvalue weighted by Crippen LogP contribution is 2.24. The van der Waals surface area contributed by atoms with Gasteiger partial charge in [0.15, 0.2) is 29.0 Å². The molecule has 1 aromatic rings.